The summed E-state index contributed by atoms with van der Waals surface area (Å²) in [6, 6.07) is 46.8. The van der Waals surface area contributed by atoms with E-state index in [9.17, 15) is 0 Å². The maximum atomic E-state index is 6.55. The Balaban J connectivity index is 1.35. The lowest BCUT2D eigenvalue weighted by Gasteiger charge is -2.16. The van der Waals surface area contributed by atoms with E-state index in [4.69, 9.17) is 14.4 Å². The molecule has 3 aromatic heterocycles. The molecule has 0 aliphatic heterocycles. The van der Waals surface area contributed by atoms with Crippen molar-refractivity contribution in [3.05, 3.63) is 140 Å². The lowest BCUT2D eigenvalue weighted by molar-refractivity contribution is 0.669. The number of para-hydroxylation sites is 1. The summed E-state index contributed by atoms with van der Waals surface area (Å²) in [5, 5.41) is 8.20. The van der Waals surface area contributed by atoms with Crippen LogP contribution in [0.3, 0.4) is 0 Å². The van der Waals surface area contributed by atoms with Gasteiger partial charge < -0.3 is 8.98 Å². The van der Waals surface area contributed by atoms with Crippen molar-refractivity contribution in [1.29, 1.82) is 0 Å². The van der Waals surface area contributed by atoms with Gasteiger partial charge in [0.1, 0.15) is 16.7 Å². The highest BCUT2D eigenvalue weighted by Crippen LogP contribution is 2.46. The molecule has 0 saturated carbocycles. The second-order valence-corrected chi connectivity index (χ2v) is 11.4. The molecular weight excluding hydrogens is 538 g/mol. The van der Waals surface area contributed by atoms with E-state index < -0.39 is 0 Å². The van der Waals surface area contributed by atoms with Crippen LogP contribution in [-0.4, -0.2) is 14.5 Å². The van der Waals surface area contributed by atoms with Gasteiger partial charge in [0, 0.05) is 27.1 Å². The highest BCUT2D eigenvalue weighted by molar-refractivity contribution is 6.35. The number of benzene rings is 7. The molecule has 204 valence electrons. The summed E-state index contributed by atoms with van der Waals surface area (Å²) in [7, 11) is 0. The predicted octanol–water partition coefficient (Wildman–Crippen LogP) is 10.6. The highest BCUT2D eigenvalue weighted by atomic mass is 16.3. The molecule has 4 nitrogen and oxygen atoms in total. The van der Waals surface area contributed by atoms with Gasteiger partial charge in [0.25, 0.3) is 0 Å². The first kappa shape index (κ1) is 23.6. The molecule has 0 aliphatic rings. The van der Waals surface area contributed by atoms with Crippen LogP contribution in [0.1, 0.15) is 0 Å². The third-order valence-corrected chi connectivity index (χ3v) is 8.99. The Hall–Kier alpha value is -6.00. The standard InChI is InChI=1S/C40H23N3O/c1-3-11-24(12-4-1)26-21-30-27-16-9-19-32(36(27)29-17-10-20-34-37(29)38(30)35(22-26)44-34)43-31-18-8-7-15-28(31)39-33(43)23-41-40(42-39)25-13-5-2-6-14-25/h1-23H. The first-order chi connectivity index (χ1) is 21.8. The van der Waals surface area contributed by atoms with Gasteiger partial charge in [0.15, 0.2) is 5.82 Å². The average molecular weight is 562 g/mol. The molecule has 0 unspecified atom stereocenters. The third kappa shape index (κ3) is 3.17. The average Bonchev–Trinajstić information content (AvgIpc) is 3.64. The molecule has 10 rings (SSSR count). The maximum Gasteiger partial charge on any atom is 0.159 e. The van der Waals surface area contributed by atoms with Crippen LogP contribution in [0, 0.1) is 0 Å². The Bertz CT molecular complexity index is 2700. The molecule has 0 aliphatic carbocycles. The van der Waals surface area contributed by atoms with Crippen LogP contribution in [0.15, 0.2) is 144 Å². The zero-order valence-corrected chi connectivity index (χ0v) is 23.5. The van der Waals surface area contributed by atoms with Gasteiger partial charge in [0.05, 0.1) is 22.9 Å². The zero-order valence-electron chi connectivity index (χ0n) is 23.5. The normalized spacial score (nSPS) is 12.1. The molecule has 7 aromatic carbocycles. The number of fused-ring (bicyclic) bond motifs is 6. The van der Waals surface area contributed by atoms with Gasteiger partial charge in [0.2, 0.25) is 0 Å². The molecule has 10 aromatic rings. The molecule has 0 radical (unpaired) electrons. The van der Waals surface area contributed by atoms with Crippen molar-refractivity contribution in [1.82, 2.24) is 14.5 Å². The Morgan fingerprint density at radius 2 is 1.18 bits per heavy atom. The van der Waals surface area contributed by atoms with E-state index in [1.54, 1.807) is 0 Å². The molecule has 0 saturated heterocycles. The molecular formula is C40H23N3O. The van der Waals surface area contributed by atoms with Crippen molar-refractivity contribution in [3.8, 4) is 28.2 Å². The quantitative estimate of drug-likeness (QED) is 0.202. The van der Waals surface area contributed by atoms with Gasteiger partial charge in [-0.1, -0.05) is 103 Å². The summed E-state index contributed by atoms with van der Waals surface area (Å²) in [4.78, 5) is 9.99. The molecule has 0 bridgehead atoms. The Morgan fingerprint density at radius 3 is 2.05 bits per heavy atom. The van der Waals surface area contributed by atoms with Crippen LogP contribution in [0.4, 0.5) is 0 Å². The van der Waals surface area contributed by atoms with Crippen LogP contribution in [0.25, 0.3) is 93.6 Å². The topological polar surface area (TPSA) is 43.9 Å². The summed E-state index contributed by atoms with van der Waals surface area (Å²) >= 11 is 0. The minimum atomic E-state index is 0.726. The van der Waals surface area contributed by atoms with Gasteiger partial charge in [-0.3, -0.25) is 0 Å². The number of aromatic nitrogens is 3. The van der Waals surface area contributed by atoms with Gasteiger partial charge in [-0.05, 0) is 57.6 Å². The van der Waals surface area contributed by atoms with Crippen LogP contribution in [0.2, 0.25) is 0 Å². The van der Waals surface area contributed by atoms with E-state index in [0.29, 0.717) is 0 Å². The van der Waals surface area contributed by atoms with Crippen molar-refractivity contribution < 1.29 is 4.42 Å². The summed E-state index contributed by atoms with van der Waals surface area (Å²) in [6.07, 6.45) is 1.98. The van der Waals surface area contributed by atoms with Gasteiger partial charge in [-0.15, -0.1) is 0 Å². The van der Waals surface area contributed by atoms with E-state index in [-0.39, 0.29) is 0 Å². The SMILES string of the molecule is c1ccc(-c2cc3oc4cccc5c6c(-n7c8ccccc8c8nc(-c9ccccc9)ncc87)cccc6c(c2)c3c45)cc1. The molecule has 0 spiro atoms. The summed E-state index contributed by atoms with van der Waals surface area (Å²) in [5.74, 6) is 0.726. The molecule has 0 N–H and O–H groups in total. The van der Waals surface area contributed by atoms with Crippen LogP contribution in [-0.2, 0) is 0 Å². The van der Waals surface area contributed by atoms with Crippen LogP contribution in [0.5, 0.6) is 0 Å². The molecule has 0 fully saturated rings. The van der Waals surface area contributed by atoms with Gasteiger partial charge in [-0.2, -0.15) is 0 Å². The molecule has 3 heterocycles. The summed E-state index contributed by atoms with van der Waals surface area (Å²) < 4.78 is 8.88. The second-order valence-electron chi connectivity index (χ2n) is 11.4. The number of hydrogen-bond donors (Lipinski definition) is 0. The van der Waals surface area contributed by atoms with Crippen molar-refractivity contribution in [2.75, 3.05) is 0 Å². The number of nitrogens with zero attached hydrogens (tertiary/aromatic N) is 3. The van der Waals surface area contributed by atoms with E-state index in [2.05, 4.69) is 120 Å². The molecule has 4 heteroatoms. The molecule has 44 heavy (non-hydrogen) atoms. The molecule has 0 atom stereocenters. The first-order valence-corrected chi connectivity index (χ1v) is 14.8. The minimum Gasteiger partial charge on any atom is -0.456 e. The maximum absolute atomic E-state index is 6.55. The Morgan fingerprint density at radius 1 is 0.477 bits per heavy atom. The van der Waals surface area contributed by atoms with E-state index in [1.807, 2.05) is 24.4 Å². The lowest BCUT2D eigenvalue weighted by atomic mass is 9.91. The lowest BCUT2D eigenvalue weighted by Crippen LogP contribution is -1.98. The zero-order chi connectivity index (χ0) is 28.8. The monoisotopic (exact) mass is 561 g/mol. The number of hydrogen-bond acceptors (Lipinski definition) is 3. The van der Waals surface area contributed by atoms with Crippen molar-refractivity contribution in [2.24, 2.45) is 0 Å². The first-order valence-electron chi connectivity index (χ1n) is 14.8. The number of furan rings is 1. The second kappa shape index (κ2) is 8.76. The van der Waals surface area contributed by atoms with E-state index in [0.717, 1.165) is 55.7 Å². The van der Waals surface area contributed by atoms with E-state index >= 15 is 0 Å². The van der Waals surface area contributed by atoms with Gasteiger partial charge >= 0.3 is 0 Å². The molecule has 0 amide bonds. The van der Waals surface area contributed by atoms with Crippen LogP contribution >= 0.6 is 0 Å². The fourth-order valence-corrected chi connectivity index (χ4v) is 7.12. The smallest absolute Gasteiger partial charge is 0.159 e. The van der Waals surface area contributed by atoms with Crippen LogP contribution < -0.4 is 0 Å². The van der Waals surface area contributed by atoms with Crippen molar-refractivity contribution in [2.45, 2.75) is 0 Å². The number of rotatable bonds is 3. The Kier molecular flexibility index (Phi) is 4.69. The highest BCUT2D eigenvalue weighted by Gasteiger charge is 2.22. The van der Waals surface area contributed by atoms with Crippen molar-refractivity contribution in [3.63, 3.8) is 0 Å². The fourth-order valence-electron chi connectivity index (χ4n) is 7.12. The van der Waals surface area contributed by atoms with E-state index in [1.165, 1.54) is 37.9 Å². The Labute approximate surface area is 251 Å². The summed E-state index contributed by atoms with van der Waals surface area (Å²) in [6.45, 7) is 0. The largest absolute Gasteiger partial charge is 0.456 e. The van der Waals surface area contributed by atoms with Crippen molar-refractivity contribution >= 4 is 65.4 Å². The summed E-state index contributed by atoms with van der Waals surface area (Å²) in [5.41, 5.74) is 9.26. The predicted molar refractivity (Wildman–Crippen MR) is 181 cm³/mol. The minimum absolute atomic E-state index is 0.726. The van der Waals surface area contributed by atoms with Gasteiger partial charge in [-0.25, -0.2) is 9.97 Å². The fraction of sp³-hybridized carbons (Fsp3) is 0. The third-order valence-electron chi connectivity index (χ3n) is 8.99.